The molecule has 1 aliphatic heterocycles. The van der Waals surface area contributed by atoms with Gasteiger partial charge in [-0.1, -0.05) is 24.4 Å². The van der Waals surface area contributed by atoms with Gasteiger partial charge in [-0.3, -0.25) is 4.90 Å². The zero-order valence-electron chi connectivity index (χ0n) is 12.0. The van der Waals surface area contributed by atoms with Crippen LogP contribution in [0.3, 0.4) is 0 Å². The van der Waals surface area contributed by atoms with Gasteiger partial charge in [-0.05, 0) is 43.7 Å². The number of nitrogens with zero attached hydrogens (tertiary/aromatic N) is 1. The first-order valence-corrected chi connectivity index (χ1v) is 7.91. The molecule has 20 heavy (non-hydrogen) atoms. The van der Waals surface area contributed by atoms with Crippen LogP contribution in [0.25, 0.3) is 0 Å². The second-order valence-corrected chi connectivity index (χ2v) is 5.61. The summed E-state index contributed by atoms with van der Waals surface area (Å²) in [4.78, 5) is 2.49. The van der Waals surface area contributed by atoms with Gasteiger partial charge < -0.3 is 9.47 Å². The van der Waals surface area contributed by atoms with E-state index in [0.29, 0.717) is 0 Å². The number of ether oxygens (including phenoxy) is 2. The van der Waals surface area contributed by atoms with Crippen LogP contribution in [0, 0.1) is 0 Å². The summed E-state index contributed by atoms with van der Waals surface area (Å²) in [5, 5.41) is 0.750. The minimum absolute atomic E-state index is 0.750. The highest BCUT2D eigenvalue weighted by molar-refractivity contribution is 6.30. The third-order valence-corrected chi connectivity index (χ3v) is 3.81. The van der Waals surface area contributed by atoms with Gasteiger partial charge in [-0.15, -0.1) is 0 Å². The Labute approximate surface area is 126 Å². The minimum Gasteiger partial charge on any atom is -0.494 e. The molecule has 0 saturated carbocycles. The third kappa shape index (κ3) is 6.12. The van der Waals surface area contributed by atoms with E-state index in [-0.39, 0.29) is 0 Å². The van der Waals surface area contributed by atoms with Crippen LogP contribution in [0.4, 0.5) is 0 Å². The highest BCUT2D eigenvalue weighted by Crippen LogP contribution is 2.16. The summed E-state index contributed by atoms with van der Waals surface area (Å²) in [5.41, 5.74) is 0. The Bertz CT molecular complexity index is 363. The highest BCUT2D eigenvalue weighted by atomic mass is 35.5. The molecular formula is C16H24ClNO2. The van der Waals surface area contributed by atoms with Crippen molar-refractivity contribution in [2.75, 3.05) is 39.5 Å². The Morgan fingerprint density at radius 2 is 1.70 bits per heavy atom. The molecule has 4 heteroatoms. The van der Waals surface area contributed by atoms with E-state index in [9.17, 15) is 0 Å². The number of hydrogen-bond donors (Lipinski definition) is 0. The molecule has 2 rings (SSSR count). The zero-order chi connectivity index (χ0) is 14.0. The molecular weight excluding hydrogens is 274 g/mol. The van der Waals surface area contributed by atoms with Crippen molar-refractivity contribution in [2.45, 2.75) is 25.7 Å². The van der Waals surface area contributed by atoms with Crippen LogP contribution in [0.5, 0.6) is 5.75 Å². The maximum Gasteiger partial charge on any atom is 0.119 e. The average Bonchev–Trinajstić information content (AvgIpc) is 2.49. The van der Waals surface area contributed by atoms with Crippen LogP contribution in [0.2, 0.25) is 5.02 Å². The molecule has 3 nitrogen and oxygen atoms in total. The molecule has 0 spiro atoms. The van der Waals surface area contributed by atoms with Crippen LogP contribution in [-0.2, 0) is 4.74 Å². The first-order valence-electron chi connectivity index (χ1n) is 7.53. The van der Waals surface area contributed by atoms with E-state index in [1.54, 1.807) is 0 Å². The van der Waals surface area contributed by atoms with Crippen molar-refractivity contribution < 1.29 is 9.47 Å². The van der Waals surface area contributed by atoms with E-state index in [1.807, 2.05) is 24.3 Å². The molecule has 1 saturated heterocycles. The topological polar surface area (TPSA) is 21.7 Å². The van der Waals surface area contributed by atoms with E-state index < -0.39 is 0 Å². The van der Waals surface area contributed by atoms with E-state index in [2.05, 4.69) is 4.90 Å². The number of hydrogen-bond acceptors (Lipinski definition) is 3. The van der Waals surface area contributed by atoms with E-state index in [0.717, 1.165) is 50.1 Å². The number of halogens is 1. The Morgan fingerprint density at radius 1 is 1.00 bits per heavy atom. The van der Waals surface area contributed by atoms with Gasteiger partial charge in [0.15, 0.2) is 0 Å². The lowest BCUT2D eigenvalue weighted by atomic mass is 10.2. The van der Waals surface area contributed by atoms with Gasteiger partial charge in [0.1, 0.15) is 5.75 Å². The third-order valence-electron chi connectivity index (χ3n) is 3.55. The summed E-state index contributed by atoms with van der Waals surface area (Å²) in [7, 11) is 0. The summed E-state index contributed by atoms with van der Waals surface area (Å²) in [6.07, 6.45) is 4.91. The molecule has 0 atom stereocenters. The normalized spacial score (nSPS) is 16.2. The molecule has 0 amide bonds. The molecule has 0 radical (unpaired) electrons. The fraction of sp³-hybridized carbons (Fsp3) is 0.625. The number of morpholine rings is 1. The van der Waals surface area contributed by atoms with Crippen LogP contribution < -0.4 is 4.74 Å². The fourth-order valence-electron chi connectivity index (χ4n) is 2.34. The summed E-state index contributed by atoms with van der Waals surface area (Å²) < 4.78 is 11.0. The second-order valence-electron chi connectivity index (χ2n) is 5.17. The molecule has 112 valence electrons. The Hall–Kier alpha value is -0.770. The van der Waals surface area contributed by atoms with Crippen LogP contribution in [0.15, 0.2) is 24.3 Å². The van der Waals surface area contributed by atoms with Crippen molar-refractivity contribution in [3.8, 4) is 5.75 Å². The predicted molar refractivity (Wildman–Crippen MR) is 82.7 cm³/mol. The molecule has 0 N–H and O–H groups in total. The number of benzene rings is 1. The van der Waals surface area contributed by atoms with Crippen LogP contribution in [0.1, 0.15) is 25.7 Å². The van der Waals surface area contributed by atoms with Gasteiger partial charge in [-0.25, -0.2) is 0 Å². The van der Waals surface area contributed by atoms with Gasteiger partial charge in [0.25, 0.3) is 0 Å². The van der Waals surface area contributed by atoms with Crippen molar-refractivity contribution >= 4 is 11.6 Å². The summed E-state index contributed by atoms with van der Waals surface area (Å²) >= 11 is 5.83. The smallest absolute Gasteiger partial charge is 0.119 e. The van der Waals surface area contributed by atoms with Crippen molar-refractivity contribution in [3.05, 3.63) is 29.3 Å². The largest absolute Gasteiger partial charge is 0.494 e. The maximum atomic E-state index is 5.83. The molecule has 0 aromatic heterocycles. The zero-order valence-corrected chi connectivity index (χ0v) is 12.8. The Morgan fingerprint density at radius 3 is 2.45 bits per heavy atom. The van der Waals surface area contributed by atoms with Crippen molar-refractivity contribution in [1.29, 1.82) is 0 Å². The summed E-state index contributed by atoms with van der Waals surface area (Å²) in [5.74, 6) is 0.905. The first-order chi connectivity index (χ1) is 9.84. The molecule has 1 fully saturated rings. The van der Waals surface area contributed by atoms with Gasteiger partial charge in [0.2, 0.25) is 0 Å². The minimum atomic E-state index is 0.750. The standard InChI is InChI=1S/C16H24ClNO2/c17-15-5-7-16(8-6-15)20-12-4-2-1-3-9-18-10-13-19-14-11-18/h5-8H,1-4,9-14H2. The number of unbranched alkanes of at least 4 members (excludes halogenated alkanes) is 3. The van der Waals surface area contributed by atoms with Gasteiger partial charge in [-0.2, -0.15) is 0 Å². The monoisotopic (exact) mass is 297 g/mol. The SMILES string of the molecule is Clc1ccc(OCCCCCCN2CCOCC2)cc1. The first kappa shape index (κ1) is 15.6. The molecule has 1 heterocycles. The quantitative estimate of drug-likeness (QED) is 0.684. The van der Waals surface area contributed by atoms with Crippen molar-refractivity contribution in [2.24, 2.45) is 0 Å². The van der Waals surface area contributed by atoms with E-state index >= 15 is 0 Å². The average molecular weight is 298 g/mol. The van der Waals surface area contributed by atoms with E-state index in [4.69, 9.17) is 21.1 Å². The predicted octanol–water partition coefficient (Wildman–Crippen LogP) is 3.61. The molecule has 1 aromatic carbocycles. The lowest BCUT2D eigenvalue weighted by molar-refractivity contribution is 0.0371. The summed E-state index contributed by atoms with van der Waals surface area (Å²) in [6.45, 7) is 5.99. The van der Waals surface area contributed by atoms with Gasteiger partial charge >= 0.3 is 0 Å². The molecule has 1 aliphatic rings. The number of rotatable bonds is 8. The maximum absolute atomic E-state index is 5.83. The van der Waals surface area contributed by atoms with Gasteiger partial charge in [0, 0.05) is 18.1 Å². The Balaban J connectivity index is 1.44. The summed E-state index contributed by atoms with van der Waals surface area (Å²) in [6, 6.07) is 7.56. The molecule has 0 bridgehead atoms. The molecule has 0 aliphatic carbocycles. The lowest BCUT2D eigenvalue weighted by Crippen LogP contribution is -2.36. The Kier molecular flexibility index (Phi) is 7.20. The van der Waals surface area contributed by atoms with Crippen molar-refractivity contribution in [1.82, 2.24) is 4.90 Å². The molecule has 1 aromatic rings. The fourth-order valence-corrected chi connectivity index (χ4v) is 2.46. The van der Waals surface area contributed by atoms with Gasteiger partial charge in [0.05, 0.1) is 19.8 Å². The van der Waals surface area contributed by atoms with Crippen molar-refractivity contribution in [3.63, 3.8) is 0 Å². The second kappa shape index (κ2) is 9.22. The lowest BCUT2D eigenvalue weighted by Gasteiger charge is -2.26. The highest BCUT2D eigenvalue weighted by Gasteiger charge is 2.08. The van der Waals surface area contributed by atoms with Crippen LogP contribution in [-0.4, -0.2) is 44.4 Å². The van der Waals surface area contributed by atoms with Crippen LogP contribution >= 0.6 is 11.6 Å². The van der Waals surface area contributed by atoms with E-state index in [1.165, 1.54) is 25.8 Å². The molecule has 0 unspecified atom stereocenters.